The molecule has 1 aliphatic rings. The Morgan fingerprint density at radius 3 is 3.19 bits per heavy atom. The second-order valence-corrected chi connectivity index (χ2v) is 4.53. The Morgan fingerprint density at radius 1 is 1.69 bits per heavy atom. The van der Waals surface area contributed by atoms with Crippen molar-refractivity contribution in [2.75, 3.05) is 13.1 Å². The monoisotopic (exact) mass is 237 g/mol. The van der Waals surface area contributed by atoms with Crippen LogP contribution in [0.2, 0.25) is 0 Å². The normalized spacial score (nSPS) is 24.3. The summed E-state index contributed by atoms with van der Waals surface area (Å²) in [4.78, 5) is 15.6. The van der Waals surface area contributed by atoms with Gasteiger partial charge in [-0.2, -0.15) is 12.6 Å². The molecule has 0 unspecified atom stereocenters. The average Bonchev–Trinajstić information content (AvgIpc) is 2.73. The Hall–Kier alpha value is -1.07. The third kappa shape index (κ3) is 2.74. The molecule has 2 rings (SSSR count). The molecule has 1 aliphatic heterocycles. The van der Waals surface area contributed by atoms with Gasteiger partial charge in [-0.15, -0.1) is 0 Å². The van der Waals surface area contributed by atoms with Crippen LogP contribution in [-0.2, 0) is 0 Å². The van der Waals surface area contributed by atoms with E-state index in [0.717, 1.165) is 13.0 Å². The molecular formula is C11H15N3OS. The summed E-state index contributed by atoms with van der Waals surface area (Å²) >= 11 is 4.45. The number of hydrogen-bond donors (Lipinski definition) is 3. The minimum absolute atomic E-state index is 0.0812. The molecule has 0 aliphatic carbocycles. The summed E-state index contributed by atoms with van der Waals surface area (Å²) in [6, 6.07) is 3.77. The average molecular weight is 237 g/mol. The Balaban J connectivity index is 1.84. The van der Waals surface area contributed by atoms with E-state index in [-0.39, 0.29) is 11.9 Å². The van der Waals surface area contributed by atoms with Crippen molar-refractivity contribution in [2.45, 2.75) is 17.7 Å². The molecule has 2 atom stereocenters. The SMILES string of the molecule is O=C(NC[C@H]1NCC[C@H]1S)c1cccnc1. The van der Waals surface area contributed by atoms with E-state index in [0.29, 0.717) is 17.4 Å². The lowest BCUT2D eigenvalue weighted by Gasteiger charge is -2.15. The summed E-state index contributed by atoms with van der Waals surface area (Å²) in [7, 11) is 0. The van der Waals surface area contributed by atoms with Gasteiger partial charge in [0.2, 0.25) is 0 Å². The van der Waals surface area contributed by atoms with Crippen molar-refractivity contribution in [2.24, 2.45) is 0 Å². The summed E-state index contributed by atoms with van der Waals surface area (Å²) in [5, 5.41) is 6.52. The Labute approximate surface area is 100 Å². The first-order valence-electron chi connectivity index (χ1n) is 5.37. The van der Waals surface area contributed by atoms with Crippen LogP contribution in [-0.4, -0.2) is 35.3 Å². The van der Waals surface area contributed by atoms with Crippen LogP contribution in [0.1, 0.15) is 16.8 Å². The van der Waals surface area contributed by atoms with Gasteiger partial charge in [-0.25, -0.2) is 0 Å². The minimum atomic E-state index is -0.0812. The van der Waals surface area contributed by atoms with Crippen molar-refractivity contribution in [1.29, 1.82) is 0 Å². The number of rotatable bonds is 3. The first kappa shape index (κ1) is 11.4. The standard InChI is InChI=1S/C11H15N3OS/c15-11(8-2-1-4-12-6-8)14-7-9-10(16)3-5-13-9/h1-2,4,6,9-10,13,16H,3,5,7H2,(H,14,15)/t9-,10-/m1/s1. The van der Waals surface area contributed by atoms with Crippen LogP contribution in [0.3, 0.4) is 0 Å². The third-order valence-corrected chi connectivity index (χ3v) is 3.34. The molecule has 0 radical (unpaired) electrons. The van der Waals surface area contributed by atoms with E-state index >= 15 is 0 Å². The number of carbonyl (C=O) groups is 1. The Morgan fingerprint density at radius 2 is 2.56 bits per heavy atom. The molecule has 4 nitrogen and oxygen atoms in total. The van der Waals surface area contributed by atoms with Gasteiger partial charge >= 0.3 is 0 Å². The molecule has 2 N–H and O–H groups in total. The van der Waals surface area contributed by atoms with Crippen LogP contribution in [0.25, 0.3) is 0 Å². The fourth-order valence-electron chi connectivity index (χ4n) is 1.76. The topological polar surface area (TPSA) is 54.0 Å². The van der Waals surface area contributed by atoms with Gasteiger partial charge in [0.05, 0.1) is 5.56 Å². The van der Waals surface area contributed by atoms with Gasteiger partial charge in [-0.1, -0.05) is 0 Å². The van der Waals surface area contributed by atoms with Crippen LogP contribution >= 0.6 is 12.6 Å². The molecule has 0 spiro atoms. The molecule has 16 heavy (non-hydrogen) atoms. The van der Waals surface area contributed by atoms with Crippen molar-refractivity contribution in [3.8, 4) is 0 Å². The fourth-order valence-corrected chi connectivity index (χ4v) is 2.10. The summed E-state index contributed by atoms with van der Waals surface area (Å²) in [6.45, 7) is 1.59. The summed E-state index contributed by atoms with van der Waals surface area (Å²) in [6.07, 6.45) is 4.27. The van der Waals surface area contributed by atoms with E-state index in [2.05, 4.69) is 28.2 Å². The molecule has 1 aromatic heterocycles. The van der Waals surface area contributed by atoms with Gasteiger partial charge in [0.15, 0.2) is 0 Å². The molecule has 1 aromatic rings. The van der Waals surface area contributed by atoms with Crippen LogP contribution in [0.4, 0.5) is 0 Å². The number of hydrogen-bond acceptors (Lipinski definition) is 4. The van der Waals surface area contributed by atoms with Crippen LogP contribution in [0.15, 0.2) is 24.5 Å². The third-order valence-electron chi connectivity index (χ3n) is 2.72. The molecule has 2 heterocycles. The Kier molecular flexibility index (Phi) is 3.79. The molecule has 0 bridgehead atoms. The second kappa shape index (κ2) is 5.32. The maximum atomic E-state index is 11.7. The van der Waals surface area contributed by atoms with Crippen molar-refractivity contribution in [3.63, 3.8) is 0 Å². The van der Waals surface area contributed by atoms with Gasteiger partial charge in [0.25, 0.3) is 5.91 Å². The van der Waals surface area contributed by atoms with Gasteiger partial charge < -0.3 is 10.6 Å². The molecule has 1 amide bonds. The highest BCUT2D eigenvalue weighted by atomic mass is 32.1. The Bertz CT molecular complexity index is 358. The molecular weight excluding hydrogens is 222 g/mol. The van der Waals surface area contributed by atoms with E-state index in [1.165, 1.54) is 0 Å². The smallest absolute Gasteiger partial charge is 0.252 e. The largest absolute Gasteiger partial charge is 0.350 e. The van der Waals surface area contributed by atoms with E-state index in [9.17, 15) is 4.79 Å². The number of nitrogens with one attached hydrogen (secondary N) is 2. The van der Waals surface area contributed by atoms with Gasteiger partial charge in [0, 0.05) is 30.2 Å². The quantitative estimate of drug-likeness (QED) is 0.670. The zero-order chi connectivity index (χ0) is 11.4. The lowest BCUT2D eigenvalue weighted by molar-refractivity contribution is 0.0950. The lowest BCUT2D eigenvalue weighted by Crippen LogP contribution is -2.40. The molecule has 1 saturated heterocycles. The molecule has 86 valence electrons. The zero-order valence-electron chi connectivity index (χ0n) is 8.89. The number of amides is 1. The highest BCUT2D eigenvalue weighted by molar-refractivity contribution is 7.81. The predicted octanol–water partition coefficient (Wildman–Crippen LogP) is 0.472. The van der Waals surface area contributed by atoms with Crippen LogP contribution in [0, 0.1) is 0 Å². The zero-order valence-corrected chi connectivity index (χ0v) is 9.78. The molecule has 0 aromatic carbocycles. The van der Waals surface area contributed by atoms with E-state index in [4.69, 9.17) is 0 Å². The second-order valence-electron chi connectivity index (χ2n) is 3.87. The maximum Gasteiger partial charge on any atom is 0.252 e. The van der Waals surface area contributed by atoms with Crippen molar-refractivity contribution < 1.29 is 4.79 Å². The number of aromatic nitrogens is 1. The molecule has 5 heteroatoms. The number of nitrogens with zero attached hydrogens (tertiary/aromatic N) is 1. The highest BCUT2D eigenvalue weighted by Gasteiger charge is 2.23. The predicted molar refractivity (Wildman–Crippen MR) is 65.8 cm³/mol. The van der Waals surface area contributed by atoms with Crippen LogP contribution < -0.4 is 10.6 Å². The minimum Gasteiger partial charge on any atom is -0.350 e. The summed E-state index contributed by atoms with van der Waals surface area (Å²) in [5.74, 6) is -0.0812. The summed E-state index contributed by atoms with van der Waals surface area (Å²) in [5.41, 5.74) is 0.594. The highest BCUT2D eigenvalue weighted by Crippen LogP contribution is 2.12. The van der Waals surface area contributed by atoms with Gasteiger partial charge in [-0.05, 0) is 25.1 Å². The number of thiol groups is 1. The van der Waals surface area contributed by atoms with E-state index in [1.807, 2.05) is 0 Å². The van der Waals surface area contributed by atoms with Gasteiger partial charge in [-0.3, -0.25) is 9.78 Å². The van der Waals surface area contributed by atoms with E-state index in [1.54, 1.807) is 24.5 Å². The van der Waals surface area contributed by atoms with Crippen LogP contribution in [0.5, 0.6) is 0 Å². The lowest BCUT2D eigenvalue weighted by atomic mass is 10.2. The number of pyridine rings is 1. The van der Waals surface area contributed by atoms with Crippen molar-refractivity contribution in [1.82, 2.24) is 15.6 Å². The first-order chi connectivity index (χ1) is 7.77. The first-order valence-corrected chi connectivity index (χ1v) is 5.88. The molecule has 0 saturated carbocycles. The van der Waals surface area contributed by atoms with Crippen molar-refractivity contribution >= 4 is 18.5 Å². The fraction of sp³-hybridized carbons (Fsp3) is 0.455. The van der Waals surface area contributed by atoms with E-state index < -0.39 is 0 Å². The maximum absolute atomic E-state index is 11.7. The molecule has 1 fully saturated rings. The number of carbonyl (C=O) groups excluding carboxylic acids is 1. The van der Waals surface area contributed by atoms with Gasteiger partial charge in [0.1, 0.15) is 0 Å². The summed E-state index contributed by atoms with van der Waals surface area (Å²) < 4.78 is 0. The van der Waals surface area contributed by atoms with Crippen molar-refractivity contribution in [3.05, 3.63) is 30.1 Å².